The molecule has 3 nitrogen and oxygen atoms in total. The molecule has 2 rings (SSSR count). The number of hydrogen-bond acceptors (Lipinski definition) is 3. The summed E-state index contributed by atoms with van der Waals surface area (Å²) in [6.45, 7) is 10.4. The first-order chi connectivity index (χ1) is 11.0. The number of hydrogen-bond donors (Lipinski definition) is 1. The highest BCUT2D eigenvalue weighted by Crippen LogP contribution is 2.43. The van der Waals surface area contributed by atoms with E-state index in [1.54, 1.807) is 6.08 Å². The van der Waals surface area contributed by atoms with E-state index in [0.29, 0.717) is 11.8 Å². The largest absolute Gasteiger partial charge is 0.392 e. The van der Waals surface area contributed by atoms with E-state index >= 15 is 0 Å². The average Bonchev–Trinajstić information content (AvgIpc) is 2.53. The molecule has 2 aliphatic rings. The summed E-state index contributed by atoms with van der Waals surface area (Å²) in [5.41, 5.74) is 1.06. The van der Waals surface area contributed by atoms with Crippen LogP contribution in [0.1, 0.15) is 52.9 Å². The minimum atomic E-state index is -0.420. The molecule has 2 aliphatic heterocycles. The molecular formula is C20H32O3. The van der Waals surface area contributed by atoms with E-state index in [9.17, 15) is 0 Å². The van der Waals surface area contributed by atoms with Crippen molar-refractivity contribution in [3.05, 3.63) is 36.5 Å². The van der Waals surface area contributed by atoms with E-state index in [1.165, 1.54) is 0 Å². The Hall–Kier alpha value is -0.900. The normalized spacial score (nSPS) is 39.0. The second-order valence-corrected chi connectivity index (χ2v) is 7.20. The van der Waals surface area contributed by atoms with E-state index in [2.05, 4.69) is 26.5 Å². The van der Waals surface area contributed by atoms with E-state index in [4.69, 9.17) is 14.6 Å². The van der Waals surface area contributed by atoms with Gasteiger partial charge >= 0.3 is 0 Å². The molecule has 130 valence electrons. The lowest BCUT2D eigenvalue weighted by molar-refractivity contribution is -0.323. The van der Waals surface area contributed by atoms with Gasteiger partial charge in [0.1, 0.15) is 0 Å². The highest BCUT2D eigenvalue weighted by atomic mass is 16.7. The van der Waals surface area contributed by atoms with Crippen molar-refractivity contribution in [3.8, 4) is 0 Å². The Balaban J connectivity index is 2.06. The van der Waals surface area contributed by atoms with Crippen LogP contribution in [0.25, 0.3) is 0 Å². The Morgan fingerprint density at radius 3 is 2.57 bits per heavy atom. The SMILES string of the molecule is C=CC[C@H]1O[C@@]2(CC[C@H](C)[C@H](/C=C/C(C)=C/CO)O2)CC[C@@H]1C. The summed E-state index contributed by atoms with van der Waals surface area (Å²) < 4.78 is 12.9. The van der Waals surface area contributed by atoms with Crippen molar-refractivity contribution in [1.82, 2.24) is 0 Å². The smallest absolute Gasteiger partial charge is 0.169 e. The van der Waals surface area contributed by atoms with Gasteiger partial charge in [-0.25, -0.2) is 0 Å². The van der Waals surface area contributed by atoms with Gasteiger partial charge in [0, 0.05) is 12.8 Å². The molecule has 0 unspecified atom stereocenters. The highest BCUT2D eigenvalue weighted by Gasteiger charge is 2.45. The third-order valence-electron chi connectivity index (χ3n) is 5.23. The Kier molecular flexibility index (Phi) is 6.63. The van der Waals surface area contributed by atoms with Crippen molar-refractivity contribution in [1.29, 1.82) is 0 Å². The summed E-state index contributed by atoms with van der Waals surface area (Å²) >= 11 is 0. The molecule has 0 radical (unpaired) electrons. The van der Waals surface area contributed by atoms with E-state index in [1.807, 2.05) is 19.1 Å². The van der Waals surface area contributed by atoms with E-state index in [0.717, 1.165) is 37.7 Å². The molecule has 0 aromatic heterocycles. The quantitative estimate of drug-likeness (QED) is 0.603. The van der Waals surface area contributed by atoms with Crippen molar-refractivity contribution in [2.75, 3.05) is 6.61 Å². The fraction of sp³-hybridized carbons (Fsp3) is 0.700. The first-order valence-corrected chi connectivity index (χ1v) is 8.92. The van der Waals surface area contributed by atoms with Crippen molar-refractivity contribution in [2.45, 2.75) is 70.9 Å². The van der Waals surface area contributed by atoms with Gasteiger partial charge < -0.3 is 14.6 Å². The third kappa shape index (κ3) is 4.79. The fourth-order valence-corrected chi connectivity index (χ4v) is 3.52. The lowest BCUT2D eigenvalue weighted by Crippen LogP contribution is -2.51. The van der Waals surface area contributed by atoms with Gasteiger partial charge in [0.05, 0.1) is 18.8 Å². The minimum Gasteiger partial charge on any atom is -0.392 e. The standard InChI is InChI=1S/C20H32O3/c1-5-6-18-16(3)9-12-20(22-18)13-10-17(4)19(23-20)8-7-15(2)11-14-21/h5,7-8,11,16-19,21H,1,6,9-10,12-14H2,2-4H3/b8-7+,15-11+/t16-,17-,18+,19-,20-/m0/s1. The number of aliphatic hydroxyl groups is 1. The molecule has 1 N–H and O–H groups in total. The molecule has 0 aromatic carbocycles. The van der Waals surface area contributed by atoms with Crippen molar-refractivity contribution >= 4 is 0 Å². The molecule has 1 spiro atoms. The van der Waals surface area contributed by atoms with Gasteiger partial charge in [-0.3, -0.25) is 0 Å². The van der Waals surface area contributed by atoms with Gasteiger partial charge in [0.15, 0.2) is 5.79 Å². The first-order valence-electron chi connectivity index (χ1n) is 8.92. The maximum Gasteiger partial charge on any atom is 0.169 e. The lowest BCUT2D eigenvalue weighted by atomic mass is 9.83. The van der Waals surface area contributed by atoms with Gasteiger partial charge in [-0.1, -0.05) is 43.7 Å². The van der Waals surface area contributed by atoms with Crippen molar-refractivity contribution < 1.29 is 14.6 Å². The van der Waals surface area contributed by atoms with Crippen LogP contribution in [-0.4, -0.2) is 29.7 Å². The Morgan fingerprint density at radius 1 is 1.22 bits per heavy atom. The maximum absolute atomic E-state index is 8.96. The van der Waals surface area contributed by atoms with E-state index < -0.39 is 5.79 Å². The van der Waals surface area contributed by atoms with Crippen LogP contribution in [0.5, 0.6) is 0 Å². The van der Waals surface area contributed by atoms with Gasteiger partial charge in [-0.05, 0) is 38.0 Å². The summed E-state index contributed by atoms with van der Waals surface area (Å²) in [6, 6.07) is 0. The van der Waals surface area contributed by atoms with Crippen LogP contribution < -0.4 is 0 Å². The highest BCUT2D eigenvalue weighted by molar-refractivity contribution is 5.17. The van der Waals surface area contributed by atoms with E-state index in [-0.39, 0.29) is 18.8 Å². The zero-order valence-corrected chi connectivity index (χ0v) is 14.8. The van der Waals surface area contributed by atoms with Crippen LogP contribution >= 0.6 is 0 Å². The molecule has 0 aliphatic carbocycles. The maximum atomic E-state index is 8.96. The molecule has 0 aromatic rings. The number of aliphatic hydroxyl groups excluding tert-OH is 1. The second kappa shape index (κ2) is 8.27. The van der Waals surface area contributed by atoms with Crippen LogP contribution in [0.4, 0.5) is 0 Å². The van der Waals surface area contributed by atoms with Crippen molar-refractivity contribution in [2.24, 2.45) is 11.8 Å². The molecule has 2 heterocycles. The summed E-state index contributed by atoms with van der Waals surface area (Å²) in [6.07, 6.45) is 13.3. The van der Waals surface area contributed by atoms with Gasteiger partial charge in [0.25, 0.3) is 0 Å². The zero-order chi connectivity index (χ0) is 16.9. The van der Waals surface area contributed by atoms with Crippen LogP contribution in [0, 0.1) is 11.8 Å². The Morgan fingerprint density at radius 2 is 1.91 bits per heavy atom. The summed E-state index contributed by atoms with van der Waals surface area (Å²) in [5, 5.41) is 8.96. The molecule has 2 fully saturated rings. The Labute approximate surface area is 141 Å². The van der Waals surface area contributed by atoms with Crippen LogP contribution in [-0.2, 0) is 9.47 Å². The predicted octanol–water partition coefficient (Wildman–Crippen LogP) is 4.38. The molecule has 0 saturated carbocycles. The van der Waals surface area contributed by atoms with Gasteiger partial charge in [-0.15, -0.1) is 6.58 Å². The van der Waals surface area contributed by atoms with Gasteiger partial charge in [0.2, 0.25) is 0 Å². The molecule has 0 bridgehead atoms. The van der Waals surface area contributed by atoms with Crippen LogP contribution in [0.15, 0.2) is 36.5 Å². The minimum absolute atomic E-state index is 0.0728. The predicted molar refractivity (Wildman–Crippen MR) is 94.1 cm³/mol. The molecule has 3 heteroatoms. The molecular weight excluding hydrogens is 288 g/mol. The first kappa shape index (κ1) is 18.4. The number of allylic oxidation sites excluding steroid dienone is 2. The molecule has 23 heavy (non-hydrogen) atoms. The monoisotopic (exact) mass is 320 g/mol. The van der Waals surface area contributed by atoms with Gasteiger partial charge in [-0.2, -0.15) is 0 Å². The van der Waals surface area contributed by atoms with Crippen LogP contribution in [0.3, 0.4) is 0 Å². The topological polar surface area (TPSA) is 38.7 Å². The average molecular weight is 320 g/mol. The fourth-order valence-electron chi connectivity index (χ4n) is 3.52. The summed E-state index contributed by atoms with van der Waals surface area (Å²) in [5.74, 6) is 0.626. The molecule has 2 saturated heterocycles. The van der Waals surface area contributed by atoms with Crippen LogP contribution in [0.2, 0.25) is 0 Å². The summed E-state index contributed by atoms with van der Waals surface area (Å²) in [4.78, 5) is 0. The number of ether oxygens (including phenoxy) is 2. The Bertz CT molecular complexity index is 450. The molecule has 0 amide bonds. The summed E-state index contributed by atoms with van der Waals surface area (Å²) in [7, 11) is 0. The van der Waals surface area contributed by atoms with Crippen molar-refractivity contribution in [3.63, 3.8) is 0 Å². The third-order valence-corrected chi connectivity index (χ3v) is 5.23. The number of rotatable bonds is 5. The second-order valence-electron chi connectivity index (χ2n) is 7.20. The molecule has 5 atom stereocenters. The lowest BCUT2D eigenvalue weighted by Gasteiger charge is -2.49. The zero-order valence-electron chi connectivity index (χ0n) is 14.8.